The fraction of sp³-hybridized carbons (Fsp3) is 0.133. The molecular formula is C15H11Cl2N3O2S. The molecule has 0 radical (unpaired) electrons. The highest BCUT2D eigenvalue weighted by Crippen LogP contribution is 2.37. The normalized spacial score (nSPS) is 10.7. The van der Waals surface area contributed by atoms with Gasteiger partial charge in [0.1, 0.15) is 4.34 Å². The zero-order valence-corrected chi connectivity index (χ0v) is 14.1. The highest BCUT2D eigenvalue weighted by atomic mass is 35.5. The Morgan fingerprint density at radius 3 is 2.70 bits per heavy atom. The molecule has 0 bridgehead atoms. The number of amides is 1. The molecule has 0 saturated heterocycles. The zero-order chi connectivity index (χ0) is 16.2. The number of thiophene rings is 1. The molecule has 0 aliphatic rings. The van der Waals surface area contributed by atoms with Gasteiger partial charge in [0.25, 0.3) is 5.89 Å². The predicted molar refractivity (Wildman–Crippen MR) is 91.0 cm³/mol. The SMILES string of the molecule is O=C(CCc1ccccc1)Nc1nnc(-c2cc(Cl)sc2Cl)o1. The first-order valence-corrected chi connectivity index (χ1v) is 8.31. The van der Waals surface area contributed by atoms with Crippen LogP contribution in [0, 0.1) is 0 Å². The molecule has 0 atom stereocenters. The first kappa shape index (κ1) is 16.0. The van der Waals surface area contributed by atoms with Crippen LogP contribution in [0.3, 0.4) is 0 Å². The van der Waals surface area contributed by atoms with Gasteiger partial charge >= 0.3 is 6.01 Å². The van der Waals surface area contributed by atoms with Gasteiger partial charge in [0.2, 0.25) is 5.91 Å². The number of hydrogen-bond acceptors (Lipinski definition) is 5. The van der Waals surface area contributed by atoms with Gasteiger partial charge in [0.15, 0.2) is 0 Å². The van der Waals surface area contributed by atoms with Crippen LogP contribution in [0.2, 0.25) is 8.67 Å². The minimum Gasteiger partial charge on any atom is -0.403 e. The second kappa shape index (κ2) is 7.12. The smallest absolute Gasteiger partial charge is 0.322 e. The maximum atomic E-state index is 11.9. The summed E-state index contributed by atoms with van der Waals surface area (Å²) in [5.74, 6) is 0.0232. The van der Waals surface area contributed by atoms with E-state index in [1.54, 1.807) is 6.07 Å². The van der Waals surface area contributed by atoms with Crippen molar-refractivity contribution in [3.8, 4) is 11.5 Å². The Kier molecular flexibility index (Phi) is 4.95. The van der Waals surface area contributed by atoms with E-state index in [0.29, 0.717) is 27.1 Å². The second-order valence-electron chi connectivity index (χ2n) is 4.68. The molecule has 2 heterocycles. The molecule has 3 aromatic rings. The summed E-state index contributed by atoms with van der Waals surface area (Å²) < 4.78 is 6.38. The molecule has 0 fully saturated rings. The molecule has 23 heavy (non-hydrogen) atoms. The van der Waals surface area contributed by atoms with Crippen LogP contribution in [0.15, 0.2) is 40.8 Å². The number of rotatable bonds is 5. The Morgan fingerprint density at radius 2 is 2.00 bits per heavy atom. The number of halogens is 2. The van der Waals surface area contributed by atoms with E-state index in [1.165, 1.54) is 11.3 Å². The average Bonchev–Trinajstić information content (AvgIpc) is 3.12. The van der Waals surface area contributed by atoms with Crippen LogP contribution in [-0.4, -0.2) is 16.1 Å². The Labute approximate surface area is 146 Å². The average molecular weight is 368 g/mol. The van der Waals surface area contributed by atoms with Crippen molar-refractivity contribution in [3.05, 3.63) is 50.6 Å². The summed E-state index contributed by atoms with van der Waals surface area (Å²) in [4.78, 5) is 11.9. The van der Waals surface area contributed by atoms with Gasteiger partial charge in [0, 0.05) is 6.42 Å². The first-order valence-electron chi connectivity index (χ1n) is 6.74. The van der Waals surface area contributed by atoms with Crippen molar-refractivity contribution >= 4 is 46.5 Å². The predicted octanol–water partition coefficient (Wildman–Crippen LogP) is 4.68. The van der Waals surface area contributed by atoms with Gasteiger partial charge in [-0.15, -0.1) is 16.4 Å². The first-order chi connectivity index (χ1) is 11.1. The summed E-state index contributed by atoms with van der Waals surface area (Å²) >= 11 is 13.1. The summed E-state index contributed by atoms with van der Waals surface area (Å²) in [5.41, 5.74) is 1.65. The van der Waals surface area contributed by atoms with Crippen LogP contribution < -0.4 is 5.32 Å². The van der Waals surface area contributed by atoms with E-state index in [2.05, 4.69) is 15.5 Å². The number of nitrogens with one attached hydrogen (secondary N) is 1. The van der Waals surface area contributed by atoms with Crippen molar-refractivity contribution < 1.29 is 9.21 Å². The number of carbonyl (C=O) groups excluding carboxylic acids is 1. The molecule has 1 amide bonds. The summed E-state index contributed by atoms with van der Waals surface area (Å²) in [5, 5.41) is 10.2. The maximum absolute atomic E-state index is 11.9. The summed E-state index contributed by atoms with van der Waals surface area (Å²) in [6.45, 7) is 0. The summed E-state index contributed by atoms with van der Waals surface area (Å²) in [6, 6.07) is 11.4. The van der Waals surface area contributed by atoms with E-state index in [4.69, 9.17) is 27.6 Å². The fourth-order valence-electron chi connectivity index (χ4n) is 1.95. The van der Waals surface area contributed by atoms with Gasteiger partial charge in [-0.2, -0.15) is 0 Å². The van der Waals surface area contributed by atoms with Crippen LogP contribution in [-0.2, 0) is 11.2 Å². The lowest BCUT2D eigenvalue weighted by Gasteiger charge is -2.01. The lowest BCUT2D eigenvalue weighted by molar-refractivity contribution is -0.116. The van der Waals surface area contributed by atoms with Crippen molar-refractivity contribution in [2.24, 2.45) is 0 Å². The van der Waals surface area contributed by atoms with E-state index in [9.17, 15) is 4.79 Å². The molecule has 118 valence electrons. The topological polar surface area (TPSA) is 68.0 Å². The molecule has 0 aliphatic heterocycles. The maximum Gasteiger partial charge on any atom is 0.322 e. The molecule has 0 unspecified atom stereocenters. The molecule has 5 nitrogen and oxygen atoms in total. The molecule has 3 rings (SSSR count). The summed E-state index contributed by atoms with van der Waals surface area (Å²) in [6.07, 6.45) is 0.965. The number of aromatic nitrogens is 2. The minimum absolute atomic E-state index is 0.0384. The van der Waals surface area contributed by atoms with Crippen LogP contribution >= 0.6 is 34.5 Å². The monoisotopic (exact) mass is 367 g/mol. The molecule has 0 aliphatic carbocycles. The zero-order valence-electron chi connectivity index (χ0n) is 11.8. The number of aryl methyl sites for hydroxylation is 1. The standard InChI is InChI=1S/C15H11Cl2N3O2S/c16-11-8-10(13(17)23-11)14-19-20-15(22-14)18-12(21)7-6-9-4-2-1-3-5-9/h1-5,8H,6-7H2,(H,18,20,21). The van der Waals surface area contributed by atoms with E-state index < -0.39 is 0 Å². The fourth-order valence-corrected chi connectivity index (χ4v) is 3.40. The Bertz CT molecular complexity index is 817. The highest BCUT2D eigenvalue weighted by Gasteiger charge is 2.16. The van der Waals surface area contributed by atoms with Crippen molar-refractivity contribution in [2.45, 2.75) is 12.8 Å². The number of hydrogen-bond donors (Lipinski definition) is 1. The minimum atomic E-state index is -0.196. The van der Waals surface area contributed by atoms with Gasteiger partial charge in [-0.3, -0.25) is 10.1 Å². The lowest BCUT2D eigenvalue weighted by atomic mass is 10.1. The number of anilines is 1. The van der Waals surface area contributed by atoms with Crippen LogP contribution in [0.1, 0.15) is 12.0 Å². The number of nitrogens with zero attached hydrogens (tertiary/aromatic N) is 2. The van der Waals surface area contributed by atoms with Crippen molar-refractivity contribution in [3.63, 3.8) is 0 Å². The molecule has 8 heteroatoms. The van der Waals surface area contributed by atoms with Gasteiger partial charge < -0.3 is 4.42 Å². The Morgan fingerprint density at radius 1 is 1.22 bits per heavy atom. The molecule has 1 aromatic carbocycles. The Hall–Kier alpha value is -1.89. The third kappa shape index (κ3) is 4.10. The number of carbonyl (C=O) groups is 1. The Balaban J connectivity index is 1.60. The lowest BCUT2D eigenvalue weighted by Crippen LogP contribution is -2.12. The molecule has 0 saturated carbocycles. The van der Waals surface area contributed by atoms with E-state index in [0.717, 1.165) is 5.56 Å². The van der Waals surface area contributed by atoms with Crippen LogP contribution in [0.4, 0.5) is 6.01 Å². The molecular weight excluding hydrogens is 357 g/mol. The van der Waals surface area contributed by atoms with E-state index in [1.807, 2.05) is 30.3 Å². The van der Waals surface area contributed by atoms with Gasteiger partial charge in [0.05, 0.1) is 9.90 Å². The third-order valence-corrected chi connectivity index (χ3v) is 4.53. The van der Waals surface area contributed by atoms with Crippen molar-refractivity contribution in [2.75, 3.05) is 5.32 Å². The quantitative estimate of drug-likeness (QED) is 0.710. The van der Waals surface area contributed by atoms with E-state index >= 15 is 0 Å². The van der Waals surface area contributed by atoms with E-state index in [-0.39, 0.29) is 17.8 Å². The highest BCUT2D eigenvalue weighted by molar-refractivity contribution is 7.20. The van der Waals surface area contributed by atoms with Crippen LogP contribution in [0.5, 0.6) is 0 Å². The summed E-state index contributed by atoms with van der Waals surface area (Å²) in [7, 11) is 0. The van der Waals surface area contributed by atoms with Crippen LogP contribution in [0.25, 0.3) is 11.5 Å². The number of benzene rings is 1. The van der Waals surface area contributed by atoms with Gasteiger partial charge in [-0.25, -0.2) is 0 Å². The van der Waals surface area contributed by atoms with Gasteiger partial charge in [-0.05, 0) is 18.1 Å². The molecule has 0 spiro atoms. The second-order valence-corrected chi connectivity index (χ2v) is 6.97. The molecule has 1 N–H and O–H groups in total. The third-order valence-electron chi connectivity index (χ3n) is 3.04. The molecule has 2 aromatic heterocycles. The van der Waals surface area contributed by atoms with Crippen molar-refractivity contribution in [1.29, 1.82) is 0 Å². The van der Waals surface area contributed by atoms with Crippen molar-refractivity contribution in [1.82, 2.24) is 10.2 Å². The largest absolute Gasteiger partial charge is 0.403 e. The van der Waals surface area contributed by atoms with Gasteiger partial charge in [-0.1, -0.05) is 58.6 Å².